The average molecular weight is 252 g/mol. The van der Waals surface area contributed by atoms with Gasteiger partial charge in [0.05, 0.1) is 12.5 Å². The lowest BCUT2D eigenvalue weighted by Crippen LogP contribution is -2.36. The minimum absolute atomic E-state index is 0.197. The third-order valence-corrected chi connectivity index (χ3v) is 3.35. The zero-order valence-corrected chi connectivity index (χ0v) is 10.7. The van der Waals surface area contributed by atoms with Gasteiger partial charge in [0.1, 0.15) is 5.76 Å². The summed E-state index contributed by atoms with van der Waals surface area (Å²) in [7, 11) is 0. The molecule has 0 aliphatic carbocycles. The monoisotopic (exact) mass is 252 g/mol. The molecule has 2 N–H and O–H groups in total. The first-order chi connectivity index (χ1) is 8.70. The molecule has 0 atom stereocenters. The van der Waals surface area contributed by atoms with E-state index in [0.29, 0.717) is 12.8 Å². The standard InChI is InChI=1S/C13H20N2O3/c1-2-14-9-11-3-4-12(18-11)15-7-5-10(6-8-15)13(16)17/h3-4,10,14H,2,5-9H2,1H3,(H,16,17). The number of furan rings is 1. The molecule has 2 heterocycles. The maximum atomic E-state index is 10.9. The Hall–Kier alpha value is -1.49. The molecule has 0 spiro atoms. The zero-order chi connectivity index (χ0) is 13.0. The molecular weight excluding hydrogens is 232 g/mol. The lowest BCUT2D eigenvalue weighted by Gasteiger charge is -2.29. The van der Waals surface area contributed by atoms with Crippen LogP contribution in [0.5, 0.6) is 0 Å². The number of aliphatic carboxylic acids is 1. The fourth-order valence-electron chi connectivity index (χ4n) is 2.23. The maximum absolute atomic E-state index is 10.9. The Morgan fingerprint density at radius 2 is 2.22 bits per heavy atom. The second-order valence-electron chi connectivity index (χ2n) is 4.62. The summed E-state index contributed by atoms with van der Waals surface area (Å²) in [6.07, 6.45) is 1.39. The SMILES string of the molecule is CCNCc1ccc(N2CCC(C(=O)O)CC2)o1. The van der Waals surface area contributed by atoms with Crippen molar-refractivity contribution < 1.29 is 14.3 Å². The molecule has 1 aliphatic heterocycles. The number of hydrogen-bond acceptors (Lipinski definition) is 4. The molecule has 0 bridgehead atoms. The largest absolute Gasteiger partial charge is 0.481 e. The Kier molecular flexibility index (Phi) is 4.25. The lowest BCUT2D eigenvalue weighted by molar-refractivity contribution is -0.142. The topological polar surface area (TPSA) is 65.7 Å². The normalized spacial score (nSPS) is 17.1. The van der Waals surface area contributed by atoms with E-state index < -0.39 is 5.97 Å². The van der Waals surface area contributed by atoms with E-state index in [2.05, 4.69) is 17.1 Å². The van der Waals surface area contributed by atoms with Gasteiger partial charge in [-0.15, -0.1) is 0 Å². The number of nitrogens with one attached hydrogen (secondary N) is 1. The first kappa shape index (κ1) is 13.0. The van der Waals surface area contributed by atoms with Crippen LogP contribution in [0.2, 0.25) is 0 Å². The quantitative estimate of drug-likeness (QED) is 0.834. The van der Waals surface area contributed by atoms with Gasteiger partial charge in [0.2, 0.25) is 0 Å². The van der Waals surface area contributed by atoms with Gasteiger partial charge in [-0.25, -0.2) is 0 Å². The number of rotatable bonds is 5. The van der Waals surface area contributed by atoms with E-state index in [4.69, 9.17) is 9.52 Å². The van der Waals surface area contributed by atoms with Crippen molar-refractivity contribution in [1.82, 2.24) is 5.32 Å². The van der Waals surface area contributed by atoms with Gasteiger partial charge < -0.3 is 19.7 Å². The Morgan fingerprint density at radius 3 is 2.83 bits per heavy atom. The number of piperidine rings is 1. The number of hydrogen-bond donors (Lipinski definition) is 2. The number of nitrogens with zero attached hydrogens (tertiary/aromatic N) is 1. The molecular formula is C13H20N2O3. The van der Waals surface area contributed by atoms with Gasteiger partial charge in [0, 0.05) is 19.2 Å². The molecule has 0 aromatic carbocycles. The van der Waals surface area contributed by atoms with Crippen LogP contribution >= 0.6 is 0 Å². The molecule has 2 rings (SSSR count). The summed E-state index contributed by atoms with van der Waals surface area (Å²) in [4.78, 5) is 13.0. The number of carboxylic acids is 1. The second-order valence-corrected chi connectivity index (χ2v) is 4.62. The van der Waals surface area contributed by atoms with E-state index in [-0.39, 0.29) is 5.92 Å². The number of carboxylic acid groups (broad SMARTS) is 1. The van der Waals surface area contributed by atoms with Gasteiger partial charge in [-0.05, 0) is 25.5 Å². The summed E-state index contributed by atoms with van der Waals surface area (Å²) in [6, 6.07) is 3.94. The molecule has 1 aromatic rings. The molecule has 0 radical (unpaired) electrons. The molecule has 100 valence electrons. The van der Waals surface area contributed by atoms with E-state index >= 15 is 0 Å². The Bertz CT molecular complexity index is 395. The third kappa shape index (κ3) is 3.04. The first-order valence-electron chi connectivity index (χ1n) is 6.48. The van der Waals surface area contributed by atoms with Crippen molar-refractivity contribution in [1.29, 1.82) is 0 Å². The van der Waals surface area contributed by atoms with Crippen molar-refractivity contribution >= 4 is 11.9 Å². The fraction of sp³-hybridized carbons (Fsp3) is 0.615. The molecule has 0 saturated carbocycles. The van der Waals surface area contributed by atoms with Crippen LogP contribution in [0.1, 0.15) is 25.5 Å². The molecule has 5 nitrogen and oxygen atoms in total. The molecule has 0 amide bonds. The first-order valence-corrected chi connectivity index (χ1v) is 6.48. The highest BCUT2D eigenvalue weighted by atomic mass is 16.4. The summed E-state index contributed by atoms with van der Waals surface area (Å²) in [5.74, 6) is 0.901. The highest BCUT2D eigenvalue weighted by molar-refractivity contribution is 5.70. The minimum atomic E-state index is -0.679. The minimum Gasteiger partial charge on any atom is -0.481 e. The Labute approximate surface area is 107 Å². The average Bonchev–Trinajstić information content (AvgIpc) is 2.85. The van der Waals surface area contributed by atoms with Crippen LogP contribution in [0.25, 0.3) is 0 Å². The molecule has 5 heteroatoms. The molecule has 1 aromatic heterocycles. The van der Waals surface area contributed by atoms with Crippen molar-refractivity contribution in [2.45, 2.75) is 26.3 Å². The Balaban J connectivity index is 1.89. The second kappa shape index (κ2) is 5.91. The van der Waals surface area contributed by atoms with Gasteiger partial charge >= 0.3 is 5.97 Å². The maximum Gasteiger partial charge on any atom is 0.306 e. The summed E-state index contributed by atoms with van der Waals surface area (Å²) in [5.41, 5.74) is 0. The Morgan fingerprint density at radius 1 is 1.50 bits per heavy atom. The summed E-state index contributed by atoms with van der Waals surface area (Å²) >= 11 is 0. The summed E-state index contributed by atoms with van der Waals surface area (Å²) in [6.45, 7) is 5.22. The highest BCUT2D eigenvalue weighted by Gasteiger charge is 2.25. The van der Waals surface area contributed by atoms with E-state index in [0.717, 1.165) is 37.8 Å². The smallest absolute Gasteiger partial charge is 0.306 e. The van der Waals surface area contributed by atoms with Crippen molar-refractivity contribution in [3.63, 3.8) is 0 Å². The molecule has 0 unspecified atom stereocenters. The van der Waals surface area contributed by atoms with Crippen LogP contribution in [-0.4, -0.2) is 30.7 Å². The van der Waals surface area contributed by atoms with Crippen molar-refractivity contribution in [2.24, 2.45) is 5.92 Å². The van der Waals surface area contributed by atoms with Gasteiger partial charge in [0.25, 0.3) is 0 Å². The molecule has 1 fully saturated rings. The fourth-order valence-corrected chi connectivity index (χ4v) is 2.23. The predicted octanol–water partition coefficient (Wildman–Crippen LogP) is 1.69. The molecule has 18 heavy (non-hydrogen) atoms. The van der Waals surface area contributed by atoms with Gasteiger partial charge in [-0.1, -0.05) is 6.92 Å². The van der Waals surface area contributed by atoms with E-state index in [9.17, 15) is 4.79 Å². The van der Waals surface area contributed by atoms with Gasteiger partial charge in [0.15, 0.2) is 5.88 Å². The van der Waals surface area contributed by atoms with E-state index in [1.54, 1.807) is 0 Å². The predicted molar refractivity (Wildman–Crippen MR) is 68.7 cm³/mol. The molecule has 1 aliphatic rings. The summed E-state index contributed by atoms with van der Waals surface area (Å²) in [5, 5.41) is 12.2. The van der Waals surface area contributed by atoms with Crippen molar-refractivity contribution in [3.05, 3.63) is 17.9 Å². The van der Waals surface area contributed by atoms with Gasteiger partial charge in [-0.3, -0.25) is 4.79 Å². The number of carbonyl (C=O) groups is 1. The van der Waals surface area contributed by atoms with Crippen LogP contribution in [0.15, 0.2) is 16.5 Å². The van der Waals surface area contributed by atoms with Gasteiger partial charge in [-0.2, -0.15) is 0 Å². The van der Waals surface area contributed by atoms with Crippen LogP contribution in [0.4, 0.5) is 5.88 Å². The third-order valence-electron chi connectivity index (χ3n) is 3.35. The van der Waals surface area contributed by atoms with Crippen LogP contribution in [0, 0.1) is 5.92 Å². The van der Waals surface area contributed by atoms with Crippen LogP contribution in [-0.2, 0) is 11.3 Å². The van der Waals surface area contributed by atoms with E-state index in [1.165, 1.54) is 0 Å². The van der Waals surface area contributed by atoms with Crippen LogP contribution in [0.3, 0.4) is 0 Å². The molecule has 1 saturated heterocycles. The van der Waals surface area contributed by atoms with Crippen molar-refractivity contribution in [2.75, 3.05) is 24.5 Å². The zero-order valence-electron chi connectivity index (χ0n) is 10.7. The highest BCUT2D eigenvalue weighted by Crippen LogP contribution is 2.25. The lowest BCUT2D eigenvalue weighted by atomic mass is 9.97. The van der Waals surface area contributed by atoms with Crippen molar-refractivity contribution in [3.8, 4) is 0 Å². The number of anilines is 1. The summed E-state index contributed by atoms with van der Waals surface area (Å²) < 4.78 is 5.74. The van der Waals surface area contributed by atoms with Crippen LogP contribution < -0.4 is 10.2 Å². The van der Waals surface area contributed by atoms with E-state index in [1.807, 2.05) is 12.1 Å².